The fraction of sp³-hybridized carbons (Fsp3) is 0.182. The predicted molar refractivity (Wildman–Crippen MR) is 76.8 cm³/mol. The first kappa shape index (κ1) is 11.4. The molecule has 17 heavy (non-hydrogen) atoms. The van der Waals surface area contributed by atoms with E-state index in [9.17, 15) is 0 Å². The number of nitrogens with zero attached hydrogens (tertiary/aromatic N) is 2. The number of fused-ring (bicyclic) bond motifs is 1. The maximum absolute atomic E-state index is 4.46. The van der Waals surface area contributed by atoms with Gasteiger partial charge in [-0.25, -0.2) is 4.98 Å². The molecule has 88 valence electrons. The molecular formula is C11H10BrN3S2. The summed E-state index contributed by atoms with van der Waals surface area (Å²) >= 11 is 6.95. The fourth-order valence-corrected chi connectivity index (χ4v) is 3.54. The van der Waals surface area contributed by atoms with Gasteiger partial charge in [-0.3, -0.25) is 0 Å². The molecule has 1 atom stereocenters. The number of rotatable bonds is 2. The van der Waals surface area contributed by atoms with E-state index in [1.54, 1.807) is 23.1 Å². The summed E-state index contributed by atoms with van der Waals surface area (Å²) in [6.45, 7) is 0. The van der Waals surface area contributed by atoms with Gasteiger partial charge in [-0.05, 0) is 34.3 Å². The first-order valence-corrected chi connectivity index (χ1v) is 7.91. The Morgan fingerprint density at radius 1 is 1.59 bits per heavy atom. The standard InChI is InChI=1S/C11H10BrN3S2/c1-16-10-5-14-11(17-10)8-4-13-9-3-2-7(12)6-15(8)9/h2-6,9,13H,1H3. The number of halogens is 1. The lowest BCUT2D eigenvalue weighted by Gasteiger charge is -2.25. The van der Waals surface area contributed by atoms with Gasteiger partial charge in [0.05, 0.1) is 16.1 Å². The third-order valence-electron chi connectivity index (χ3n) is 2.57. The predicted octanol–water partition coefficient (Wildman–Crippen LogP) is 3.20. The fourth-order valence-electron chi connectivity index (χ4n) is 1.77. The van der Waals surface area contributed by atoms with Crippen LogP contribution in [0.1, 0.15) is 5.01 Å². The number of hydrogen-bond donors (Lipinski definition) is 1. The average molecular weight is 328 g/mol. The number of hydrogen-bond acceptors (Lipinski definition) is 5. The summed E-state index contributed by atoms with van der Waals surface area (Å²) in [6.07, 6.45) is 12.5. The van der Waals surface area contributed by atoms with Gasteiger partial charge in [0, 0.05) is 16.9 Å². The lowest BCUT2D eigenvalue weighted by molar-refractivity contribution is 0.440. The highest BCUT2D eigenvalue weighted by Gasteiger charge is 2.27. The van der Waals surface area contributed by atoms with Crippen LogP contribution in [0.15, 0.2) is 39.4 Å². The Morgan fingerprint density at radius 2 is 2.47 bits per heavy atom. The van der Waals surface area contributed by atoms with Crippen molar-refractivity contribution in [2.24, 2.45) is 0 Å². The Balaban J connectivity index is 1.92. The Hall–Kier alpha value is -0.720. The van der Waals surface area contributed by atoms with E-state index < -0.39 is 0 Å². The van der Waals surface area contributed by atoms with Gasteiger partial charge < -0.3 is 10.2 Å². The van der Waals surface area contributed by atoms with Crippen LogP contribution >= 0.6 is 39.0 Å². The van der Waals surface area contributed by atoms with Crippen LogP contribution in [0.3, 0.4) is 0 Å². The van der Waals surface area contributed by atoms with Crippen LogP contribution in [-0.2, 0) is 0 Å². The minimum Gasteiger partial charge on any atom is -0.366 e. The van der Waals surface area contributed by atoms with Gasteiger partial charge in [0.25, 0.3) is 0 Å². The van der Waals surface area contributed by atoms with Crippen molar-refractivity contribution in [3.8, 4) is 0 Å². The van der Waals surface area contributed by atoms with Crippen LogP contribution in [0, 0.1) is 0 Å². The average Bonchev–Trinajstić information content (AvgIpc) is 2.93. The van der Waals surface area contributed by atoms with E-state index in [2.05, 4.69) is 55.7 Å². The van der Waals surface area contributed by atoms with Gasteiger partial charge in [-0.15, -0.1) is 23.1 Å². The number of nitrogens with one attached hydrogen (secondary N) is 1. The topological polar surface area (TPSA) is 28.2 Å². The molecule has 1 unspecified atom stereocenters. The summed E-state index contributed by atoms with van der Waals surface area (Å²) in [7, 11) is 0. The number of thiazole rings is 1. The zero-order valence-corrected chi connectivity index (χ0v) is 12.3. The normalized spacial score (nSPS) is 22.0. The highest BCUT2D eigenvalue weighted by molar-refractivity contribution is 9.11. The van der Waals surface area contributed by atoms with Crippen LogP contribution in [-0.4, -0.2) is 22.3 Å². The molecule has 3 nitrogen and oxygen atoms in total. The Kier molecular flexibility index (Phi) is 3.02. The molecule has 0 aromatic carbocycles. The van der Waals surface area contributed by atoms with E-state index in [1.807, 2.05) is 12.4 Å². The molecule has 1 aromatic rings. The van der Waals surface area contributed by atoms with Gasteiger partial charge in [0.2, 0.25) is 0 Å². The molecule has 3 rings (SSSR count). The second-order valence-electron chi connectivity index (χ2n) is 3.61. The van der Waals surface area contributed by atoms with Gasteiger partial charge in [-0.1, -0.05) is 0 Å². The number of thioether (sulfide) groups is 1. The van der Waals surface area contributed by atoms with Crippen LogP contribution < -0.4 is 5.32 Å². The van der Waals surface area contributed by atoms with Crippen LogP contribution in [0.4, 0.5) is 0 Å². The SMILES string of the molecule is CSc1cnc(C2=CNC3C=CC(Br)=CN23)s1. The molecule has 0 saturated carbocycles. The van der Waals surface area contributed by atoms with Crippen LogP contribution in [0.5, 0.6) is 0 Å². The maximum Gasteiger partial charge on any atom is 0.142 e. The quantitative estimate of drug-likeness (QED) is 0.844. The maximum atomic E-state index is 4.46. The summed E-state index contributed by atoms with van der Waals surface area (Å²) in [5, 5.41) is 4.38. The summed E-state index contributed by atoms with van der Waals surface area (Å²) in [5.74, 6) is 0. The molecular weight excluding hydrogens is 318 g/mol. The van der Waals surface area contributed by atoms with Crippen molar-refractivity contribution in [1.29, 1.82) is 0 Å². The lowest BCUT2D eigenvalue weighted by Crippen LogP contribution is -2.32. The molecule has 0 fully saturated rings. The van der Waals surface area contributed by atoms with Crippen molar-refractivity contribution in [2.75, 3.05) is 6.26 Å². The van der Waals surface area contributed by atoms with E-state index in [1.165, 1.54) is 4.21 Å². The summed E-state index contributed by atoms with van der Waals surface area (Å²) in [4.78, 5) is 6.65. The van der Waals surface area contributed by atoms with Gasteiger partial charge in [0.15, 0.2) is 0 Å². The van der Waals surface area contributed by atoms with Crippen molar-refractivity contribution in [3.05, 3.63) is 40.2 Å². The molecule has 0 amide bonds. The Morgan fingerprint density at radius 3 is 3.24 bits per heavy atom. The molecule has 0 bridgehead atoms. The molecule has 0 spiro atoms. The minimum atomic E-state index is 0.216. The smallest absolute Gasteiger partial charge is 0.142 e. The summed E-state index contributed by atoms with van der Waals surface area (Å²) in [5.41, 5.74) is 1.13. The highest BCUT2D eigenvalue weighted by atomic mass is 79.9. The minimum absolute atomic E-state index is 0.216. The molecule has 0 saturated heterocycles. The number of aromatic nitrogens is 1. The largest absolute Gasteiger partial charge is 0.366 e. The zero-order chi connectivity index (χ0) is 11.8. The van der Waals surface area contributed by atoms with E-state index >= 15 is 0 Å². The van der Waals surface area contributed by atoms with E-state index in [0.717, 1.165) is 15.2 Å². The van der Waals surface area contributed by atoms with Gasteiger partial charge in [-0.2, -0.15) is 0 Å². The monoisotopic (exact) mass is 327 g/mol. The summed E-state index contributed by atoms with van der Waals surface area (Å²) < 4.78 is 2.31. The molecule has 6 heteroatoms. The highest BCUT2D eigenvalue weighted by Crippen LogP contribution is 2.34. The van der Waals surface area contributed by atoms with Crippen molar-refractivity contribution in [3.63, 3.8) is 0 Å². The molecule has 2 aliphatic heterocycles. The first-order chi connectivity index (χ1) is 8.28. The van der Waals surface area contributed by atoms with Crippen molar-refractivity contribution in [1.82, 2.24) is 15.2 Å². The van der Waals surface area contributed by atoms with Crippen molar-refractivity contribution < 1.29 is 0 Å². The van der Waals surface area contributed by atoms with E-state index in [4.69, 9.17) is 0 Å². The van der Waals surface area contributed by atoms with Gasteiger partial charge >= 0.3 is 0 Å². The van der Waals surface area contributed by atoms with Crippen molar-refractivity contribution >= 4 is 44.7 Å². The lowest BCUT2D eigenvalue weighted by atomic mass is 10.3. The second-order valence-corrected chi connectivity index (χ2v) is 6.66. The Bertz CT molecular complexity index is 533. The number of allylic oxidation sites excluding steroid dienone is 2. The van der Waals surface area contributed by atoms with Crippen molar-refractivity contribution in [2.45, 2.75) is 10.4 Å². The third kappa shape index (κ3) is 2.05. The molecule has 1 N–H and O–H groups in total. The molecule has 3 heterocycles. The third-order valence-corrected chi connectivity index (χ3v) is 5.11. The molecule has 0 radical (unpaired) electrons. The van der Waals surface area contributed by atoms with E-state index in [0.29, 0.717) is 0 Å². The van der Waals surface area contributed by atoms with E-state index in [-0.39, 0.29) is 6.17 Å². The zero-order valence-electron chi connectivity index (χ0n) is 9.05. The van der Waals surface area contributed by atoms with Crippen LogP contribution in [0.25, 0.3) is 5.70 Å². The summed E-state index contributed by atoms with van der Waals surface area (Å²) in [6, 6.07) is 0. The van der Waals surface area contributed by atoms with Crippen LogP contribution in [0.2, 0.25) is 0 Å². The molecule has 0 aliphatic carbocycles. The molecule has 1 aromatic heterocycles. The first-order valence-electron chi connectivity index (χ1n) is 5.08. The van der Waals surface area contributed by atoms with Gasteiger partial charge in [0.1, 0.15) is 11.2 Å². The Labute approximate surface area is 116 Å². The second kappa shape index (κ2) is 4.51. The molecule has 2 aliphatic rings.